The zero-order valence-corrected chi connectivity index (χ0v) is 21.2. The van der Waals surface area contributed by atoms with Gasteiger partial charge in [-0.15, -0.1) is 0 Å². The Morgan fingerprint density at radius 2 is 1.94 bits per heavy atom. The Balaban J connectivity index is 1.26. The van der Waals surface area contributed by atoms with Crippen molar-refractivity contribution in [3.8, 4) is 5.75 Å². The molecule has 34 heavy (non-hydrogen) atoms. The molecule has 2 heterocycles. The largest absolute Gasteiger partial charge is 0.489 e. The third kappa shape index (κ3) is 5.82. The maximum Gasteiger partial charge on any atom is 0.265 e. The first kappa shape index (κ1) is 24.2. The van der Waals surface area contributed by atoms with Crippen LogP contribution >= 0.6 is 35.3 Å². The first-order valence-corrected chi connectivity index (χ1v) is 13.4. The maximum absolute atomic E-state index is 15.0. The Labute approximate surface area is 214 Å². The number of carbonyl (C=O) groups excluding carboxylic acids is 1. The predicted molar refractivity (Wildman–Crippen MR) is 135 cm³/mol. The highest BCUT2D eigenvalue weighted by Gasteiger charge is 2.31. The van der Waals surface area contributed by atoms with E-state index >= 15 is 0 Å². The molecule has 1 saturated carbocycles. The number of carbonyl (C=O) groups is 1. The lowest BCUT2D eigenvalue weighted by Crippen LogP contribution is -2.40. The quantitative estimate of drug-likeness (QED) is 0.426. The van der Waals surface area contributed by atoms with E-state index in [9.17, 15) is 9.18 Å². The number of hydrogen-bond donors (Lipinski definition) is 1. The first-order chi connectivity index (χ1) is 16.5. The molecule has 0 spiro atoms. The van der Waals surface area contributed by atoms with E-state index in [1.54, 1.807) is 12.1 Å². The molecule has 2 aliphatic heterocycles. The highest BCUT2D eigenvalue weighted by molar-refractivity contribution is 7.95. The second-order valence-electron chi connectivity index (χ2n) is 9.30. The number of rotatable bonds is 8. The fourth-order valence-electron chi connectivity index (χ4n) is 4.42. The molecule has 2 aromatic rings. The Morgan fingerprint density at radius 1 is 1.12 bits per heavy atom. The fourth-order valence-corrected chi connectivity index (χ4v) is 5.65. The van der Waals surface area contributed by atoms with E-state index < -0.39 is 11.7 Å². The SMILES string of the molecule is O=C(NSN1CCC1)c1cc(C2CC2)c(O[C@@H]2CCCN(Cc3ccc(Cl)cc3Cl)C2)cc1F. The van der Waals surface area contributed by atoms with Gasteiger partial charge in [0.25, 0.3) is 5.91 Å². The third-order valence-electron chi connectivity index (χ3n) is 6.61. The van der Waals surface area contributed by atoms with Gasteiger partial charge in [0.15, 0.2) is 0 Å². The van der Waals surface area contributed by atoms with Crippen molar-refractivity contribution < 1.29 is 13.9 Å². The molecule has 1 amide bonds. The average Bonchev–Trinajstić information content (AvgIpc) is 3.60. The van der Waals surface area contributed by atoms with Crippen molar-refractivity contribution in [1.82, 2.24) is 13.9 Å². The van der Waals surface area contributed by atoms with Crippen molar-refractivity contribution in [2.24, 2.45) is 0 Å². The van der Waals surface area contributed by atoms with Crippen LogP contribution in [0.3, 0.4) is 0 Å². The summed E-state index contributed by atoms with van der Waals surface area (Å²) in [6.07, 6.45) is 5.06. The van der Waals surface area contributed by atoms with Crippen LogP contribution in [0.1, 0.15) is 59.5 Å². The Kier molecular flexibility index (Phi) is 7.56. The van der Waals surface area contributed by atoms with Crippen LogP contribution in [0.4, 0.5) is 4.39 Å². The van der Waals surface area contributed by atoms with Crippen LogP contribution in [0.2, 0.25) is 10.0 Å². The number of nitrogens with zero attached hydrogens (tertiary/aromatic N) is 2. The van der Waals surface area contributed by atoms with Gasteiger partial charge in [0.05, 0.1) is 5.56 Å². The highest BCUT2D eigenvalue weighted by Crippen LogP contribution is 2.45. The minimum absolute atomic E-state index is 0.0432. The lowest BCUT2D eigenvalue weighted by atomic mass is 10.0. The van der Waals surface area contributed by atoms with Crippen molar-refractivity contribution in [3.63, 3.8) is 0 Å². The predicted octanol–water partition coefficient (Wildman–Crippen LogP) is 6.05. The molecular weight excluding hydrogens is 496 g/mol. The van der Waals surface area contributed by atoms with E-state index in [4.69, 9.17) is 27.9 Å². The van der Waals surface area contributed by atoms with Gasteiger partial charge in [-0.25, -0.2) is 8.70 Å². The van der Waals surface area contributed by atoms with Crippen molar-refractivity contribution >= 4 is 41.2 Å². The smallest absolute Gasteiger partial charge is 0.265 e. The maximum atomic E-state index is 15.0. The molecule has 2 saturated heterocycles. The van der Waals surface area contributed by atoms with Gasteiger partial charge in [-0.3, -0.25) is 14.4 Å². The molecule has 182 valence electrons. The van der Waals surface area contributed by atoms with Crippen LogP contribution < -0.4 is 9.46 Å². The summed E-state index contributed by atoms with van der Waals surface area (Å²) in [5.74, 6) is -0.0330. The van der Waals surface area contributed by atoms with Gasteiger partial charge < -0.3 is 4.74 Å². The van der Waals surface area contributed by atoms with Gasteiger partial charge in [-0.2, -0.15) is 0 Å². The minimum Gasteiger partial charge on any atom is -0.489 e. The monoisotopic (exact) mass is 523 g/mol. The van der Waals surface area contributed by atoms with Gasteiger partial charge in [0, 0.05) is 54.4 Å². The van der Waals surface area contributed by atoms with E-state index in [1.807, 2.05) is 16.4 Å². The Morgan fingerprint density at radius 3 is 2.65 bits per heavy atom. The van der Waals surface area contributed by atoms with E-state index in [0.717, 1.165) is 69.4 Å². The molecule has 0 radical (unpaired) electrons. The number of likely N-dealkylation sites (tertiary alicyclic amines) is 1. The van der Waals surface area contributed by atoms with Crippen LogP contribution in [-0.4, -0.2) is 47.4 Å². The Hall–Kier alpha value is -1.51. The summed E-state index contributed by atoms with van der Waals surface area (Å²) in [6.45, 7) is 4.29. The van der Waals surface area contributed by atoms with Gasteiger partial charge >= 0.3 is 0 Å². The molecule has 3 fully saturated rings. The topological polar surface area (TPSA) is 44.8 Å². The minimum atomic E-state index is -0.540. The summed E-state index contributed by atoms with van der Waals surface area (Å²) < 4.78 is 26.2. The average molecular weight is 524 g/mol. The number of piperidine rings is 1. The second-order valence-corrected chi connectivity index (χ2v) is 11.0. The zero-order valence-electron chi connectivity index (χ0n) is 18.9. The van der Waals surface area contributed by atoms with Gasteiger partial charge in [-0.05, 0) is 73.9 Å². The van der Waals surface area contributed by atoms with Crippen LogP contribution in [0.15, 0.2) is 30.3 Å². The highest BCUT2D eigenvalue weighted by atomic mass is 35.5. The van der Waals surface area contributed by atoms with Crippen LogP contribution in [0.25, 0.3) is 0 Å². The summed E-state index contributed by atoms with van der Waals surface area (Å²) in [6, 6.07) is 8.68. The first-order valence-electron chi connectivity index (χ1n) is 11.8. The molecule has 5 nitrogen and oxygen atoms in total. The number of amides is 1. The summed E-state index contributed by atoms with van der Waals surface area (Å²) >= 11 is 13.6. The lowest BCUT2D eigenvalue weighted by molar-refractivity contribution is 0.0832. The van der Waals surface area contributed by atoms with E-state index in [0.29, 0.717) is 28.3 Å². The lowest BCUT2D eigenvalue weighted by Gasteiger charge is -2.33. The molecule has 1 N–H and O–H groups in total. The zero-order chi connectivity index (χ0) is 23.7. The normalized spacial score (nSPS) is 21.2. The van der Waals surface area contributed by atoms with Crippen molar-refractivity contribution in [2.45, 2.75) is 50.7 Å². The number of halogens is 3. The van der Waals surface area contributed by atoms with E-state index in [-0.39, 0.29) is 11.7 Å². The number of ether oxygens (including phenoxy) is 1. The standard InChI is InChI=1S/C25H28Cl2FN3O2S/c26-18-7-6-17(22(27)11-18)14-30-8-1-3-19(15-30)33-24-13-23(28)21(12-20(24)16-4-5-16)25(32)29-34-31-9-2-10-31/h6-7,11-13,16,19H,1-5,8-10,14-15H2,(H,29,32)/t19-/m1/s1. The molecular formula is C25H28Cl2FN3O2S. The number of benzene rings is 2. The third-order valence-corrected chi connectivity index (χ3v) is 8.10. The number of hydrogen-bond acceptors (Lipinski definition) is 5. The Bertz CT molecular complexity index is 1060. The molecule has 0 aromatic heterocycles. The van der Waals surface area contributed by atoms with Crippen LogP contribution in [-0.2, 0) is 6.54 Å². The second kappa shape index (κ2) is 10.6. The van der Waals surface area contributed by atoms with Crippen molar-refractivity contribution in [1.29, 1.82) is 0 Å². The molecule has 1 atom stereocenters. The van der Waals surface area contributed by atoms with Gasteiger partial charge in [-0.1, -0.05) is 29.3 Å². The number of nitrogens with one attached hydrogen (secondary N) is 1. The van der Waals surface area contributed by atoms with Crippen LogP contribution in [0, 0.1) is 5.82 Å². The molecule has 0 unspecified atom stereocenters. The van der Waals surface area contributed by atoms with E-state index in [1.165, 1.54) is 18.2 Å². The fraction of sp³-hybridized carbons (Fsp3) is 0.480. The molecule has 1 aliphatic carbocycles. The summed E-state index contributed by atoms with van der Waals surface area (Å²) in [5, 5.41) is 1.29. The molecule has 3 aliphatic rings. The van der Waals surface area contributed by atoms with Crippen molar-refractivity contribution in [2.75, 3.05) is 26.2 Å². The molecule has 0 bridgehead atoms. The van der Waals surface area contributed by atoms with Crippen molar-refractivity contribution in [3.05, 3.63) is 62.9 Å². The van der Waals surface area contributed by atoms with Gasteiger partial charge in [0.2, 0.25) is 0 Å². The molecule has 2 aromatic carbocycles. The molecule has 5 rings (SSSR count). The molecule has 9 heteroatoms. The van der Waals surface area contributed by atoms with Gasteiger partial charge in [0.1, 0.15) is 17.7 Å². The summed E-state index contributed by atoms with van der Waals surface area (Å²) in [4.78, 5) is 14.9. The summed E-state index contributed by atoms with van der Waals surface area (Å²) in [5.41, 5.74) is 2.06. The van der Waals surface area contributed by atoms with Crippen LogP contribution in [0.5, 0.6) is 5.75 Å². The summed E-state index contributed by atoms with van der Waals surface area (Å²) in [7, 11) is 0. The van der Waals surface area contributed by atoms with E-state index in [2.05, 4.69) is 9.62 Å².